The van der Waals surface area contributed by atoms with Crippen LogP contribution in [0.25, 0.3) is 16.9 Å². The summed E-state index contributed by atoms with van der Waals surface area (Å²) in [6.07, 6.45) is 2.22. The first-order chi connectivity index (χ1) is 21.7. The SMILES string of the molecule is COC(CN1CCC(O)(CNC(=O)c2cc(NC(=O)c3cc(-c4ccccn4)c(Cl)cc3Cl)n(-c3ccccc3)n2)CC1)OC. The highest BCUT2D eigenvalue weighted by atomic mass is 35.5. The molecule has 0 spiro atoms. The predicted molar refractivity (Wildman–Crippen MR) is 172 cm³/mol. The number of para-hydroxylation sites is 1. The fourth-order valence-electron chi connectivity index (χ4n) is 5.09. The van der Waals surface area contributed by atoms with Gasteiger partial charge in [0.05, 0.1) is 32.6 Å². The Bertz CT molecular complexity index is 1620. The van der Waals surface area contributed by atoms with Crippen molar-refractivity contribution in [2.24, 2.45) is 0 Å². The normalized spacial score (nSPS) is 14.8. The third-order valence-electron chi connectivity index (χ3n) is 7.72. The van der Waals surface area contributed by atoms with Crippen molar-refractivity contribution in [1.82, 2.24) is 25.0 Å². The maximum absolute atomic E-state index is 13.5. The van der Waals surface area contributed by atoms with E-state index in [0.717, 1.165) is 0 Å². The van der Waals surface area contributed by atoms with Crippen LogP contribution in [0.4, 0.5) is 5.82 Å². The zero-order valence-corrected chi connectivity index (χ0v) is 26.4. The van der Waals surface area contributed by atoms with Gasteiger partial charge in [0.2, 0.25) is 0 Å². The number of halogens is 2. The van der Waals surface area contributed by atoms with Crippen LogP contribution in [0.1, 0.15) is 33.7 Å². The molecule has 0 atom stereocenters. The fourth-order valence-corrected chi connectivity index (χ4v) is 5.66. The first-order valence-corrected chi connectivity index (χ1v) is 15.1. The summed E-state index contributed by atoms with van der Waals surface area (Å²) >= 11 is 12.9. The number of benzene rings is 2. The van der Waals surface area contributed by atoms with E-state index in [1.54, 1.807) is 50.7 Å². The number of likely N-dealkylation sites (tertiary alicyclic amines) is 1. The van der Waals surface area contributed by atoms with Gasteiger partial charge in [0, 0.05) is 58.2 Å². The molecule has 4 aromatic rings. The second-order valence-corrected chi connectivity index (χ2v) is 11.6. The molecular weight excluding hydrogens is 619 g/mol. The molecule has 1 aliphatic rings. The maximum Gasteiger partial charge on any atom is 0.271 e. The van der Waals surface area contributed by atoms with Gasteiger partial charge < -0.3 is 25.2 Å². The molecule has 1 saturated heterocycles. The van der Waals surface area contributed by atoms with Crippen LogP contribution in [0.15, 0.2) is 72.9 Å². The van der Waals surface area contributed by atoms with Crippen molar-refractivity contribution in [2.45, 2.75) is 24.7 Å². The lowest BCUT2D eigenvalue weighted by Gasteiger charge is -2.39. The molecule has 1 fully saturated rings. The van der Waals surface area contributed by atoms with Crippen LogP contribution in [0, 0.1) is 0 Å². The van der Waals surface area contributed by atoms with E-state index < -0.39 is 17.4 Å². The summed E-state index contributed by atoms with van der Waals surface area (Å²) in [5, 5.41) is 21.8. The van der Waals surface area contributed by atoms with Gasteiger partial charge >= 0.3 is 0 Å². The van der Waals surface area contributed by atoms with E-state index in [1.165, 1.54) is 16.8 Å². The second-order valence-electron chi connectivity index (χ2n) is 10.8. The minimum atomic E-state index is -1.07. The van der Waals surface area contributed by atoms with Crippen LogP contribution in [0.5, 0.6) is 0 Å². The van der Waals surface area contributed by atoms with Crippen molar-refractivity contribution < 1.29 is 24.2 Å². The summed E-state index contributed by atoms with van der Waals surface area (Å²) in [6.45, 7) is 1.90. The van der Waals surface area contributed by atoms with Gasteiger partial charge in [-0.05, 0) is 49.2 Å². The van der Waals surface area contributed by atoms with Crippen LogP contribution >= 0.6 is 23.2 Å². The van der Waals surface area contributed by atoms with Crippen LogP contribution < -0.4 is 10.6 Å². The topological polar surface area (TPSA) is 131 Å². The predicted octanol–water partition coefficient (Wildman–Crippen LogP) is 4.67. The Morgan fingerprint density at radius 3 is 2.36 bits per heavy atom. The molecule has 0 aliphatic carbocycles. The highest BCUT2D eigenvalue weighted by Crippen LogP contribution is 2.32. The van der Waals surface area contributed by atoms with E-state index in [9.17, 15) is 14.7 Å². The Labute approximate surface area is 271 Å². The molecule has 3 N–H and O–H groups in total. The Morgan fingerprint density at radius 2 is 1.69 bits per heavy atom. The second kappa shape index (κ2) is 14.5. The van der Waals surface area contributed by atoms with Crippen LogP contribution in [-0.2, 0) is 9.47 Å². The average Bonchev–Trinajstić information content (AvgIpc) is 3.48. The Balaban J connectivity index is 1.32. The number of pyridine rings is 1. The lowest BCUT2D eigenvalue weighted by molar-refractivity contribution is -0.124. The molecule has 45 heavy (non-hydrogen) atoms. The number of rotatable bonds is 11. The summed E-state index contributed by atoms with van der Waals surface area (Å²) < 4.78 is 12.0. The Hall–Kier alpha value is -3.84. The molecule has 0 radical (unpaired) electrons. The molecule has 2 aromatic heterocycles. The molecule has 13 heteroatoms. The van der Waals surface area contributed by atoms with Gasteiger partial charge in [-0.3, -0.25) is 19.5 Å². The van der Waals surface area contributed by atoms with Gasteiger partial charge in [-0.2, -0.15) is 5.10 Å². The lowest BCUT2D eigenvalue weighted by atomic mass is 9.91. The molecule has 2 aromatic carbocycles. The summed E-state index contributed by atoms with van der Waals surface area (Å²) in [7, 11) is 3.18. The number of methoxy groups -OCH3 is 2. The number of hydrogen-bond acceptors (Lipinski definition) is 8. The number of nitrogens with one attached hydrogen (secondary N) is 2. The van der Waals surface area contributed by atoms with Gasteiger partial charge in [-0.1, -0.05) is 47.5 Å². The van der Waals surface area contributed by atoms with Crippen LogP contribution in [0.3, 0.4) is 0 Å². The Kier molecular flexibility index (Phi) is 10.5. The third-order valence-corrected chi connectivity index (χ3v) is 8.35. The average molecular weight is 654 g/mol. The lowest BCUT2D eigenvalue weighted by Crippen LogP contribution is -2.52. The van der Waals surface area contributed by atoms with Crippen molar-refractivity contribution >= 4 is 40.8 Å². The van der Waals surface area contributed by atoms with Crippen LogP contribution in [0.2, 0.25) is 10.0 Å². The number of ether oxygens (including phenoxy) is 2. The van der Waals surface area contributed by atoms with Crippen LogP contribution in [-0.4, -0.2) is 88.9 Å². The van der Waals surface area contributed by atoms with Crippen molar-refractivity contribution in [3.8, 4) is 16.9 Å². The quantitative estimate of drug-likeness (QED) is 0.199. The number of anilines is 1. The van der Waals surface area contributed by atoms with E-state index >= 15 is 0 Å². The van der Waals surface area contributed by atoms with Crippen molar-refractivity contribution in [2.75, 3.05) is 45.7 Å². The van der Waals surface area contributed by atoms with E-state index in [2.05, 4.69) is 25.6 Å². The standard InChI is InChI=1S/C32H34Cl2N6O5/c1-44-29(45-2)19-39-14-11-32(43,12-15-39)20-36-31(42)27-18-28(40(38-27)21-8-4-3-5-9-21)37-30(41)23-16-22(24(33)17-25(23)34)26-10-6-7-13-35-26/h3-10,13,16-18,29,43H,11-12,14-15,19-20H2,1-2H3,(H,36,42)(H,37,41). The maximum atomic E-state index is 13.5. The van der Waals surface area contributed by atoms with Crippen molar-refractivity contribution in [3.05, 3.63) is 94.2 Å². The van der Waals surface area contributed by atoms with Gasteiger partial charge in [0.15, 0.2) is 12.0 Å². The van der Waals surface area contributed by atoms with E-state index in [-0.39, 0.29) is 34.9 Å². The number of carbonyl (C=O) groups is 2. The van der Waals surface area contributed by atoms with Gasteiger partial charge in [-0.15, -0.1) is 0 Å². The molecule has 11 nitrogen and oxygen atoms in total. The molecule has 2 amide bonds. The minimum absolute atomic E-state index is 0.0498. The molecule has 0 saturated carbocycles. The summed E-state index contributed by atoms with van der Waals surface area (Å²) in [5.41, 5.74) is 0.920. The van der Waals surface area contributed by atoms with Gasteiger partial charge in [-0.25, -0.2) is 4.68 Å². The molecular formula is C32H34Cl2N6O5. The number of carbonyl (C=O) groups excluding carboxylic acids is 2. The molecule has 3 heterocycles. The highest BCUT2D eigenvalue weighted by molar-refractivity contribution is 6.38. The summed E-state index contributed by atoms with van der Waals surface area (Å²) in [6, 6.07) is 19.0. The number of hydrogen-bond donors (Lipinski definition) is 3. The van der Waals surface area contributed by atoms with E-state index in [4.69, 9.17) is 32.7 Å². The number of piperidine rings is 1. The fraction of sp³-hybridized carbons (Fsp3) is 0.312. The highest BCUT2D eigenvalue weighted by Gasteiger charge is 2.34. The Morgan fingerprint density at radius 1 is 0.978 bits per heavy atom. The minimum Gasteiger partial charge on any atom is -0.388 e. The first kappa shape index (κ1) is 32.6. The van der Waals surface area contributed by atoms with Crippen molar-refractivity contribution in [1.29, 1.82) is 0 Å². The van der Waals surface area contributed by atoms with Crippen molar-refractivity contribution in [3.63, 3.8) is 0 Å². The van der Waals surface area contributed by atoms with Gasteiger partial charge in [0.1, 0.15) is 5.82 Å². The number of aliphatic hydroxyl groups is 1. The molecule has 0 unspecified atom stereocenters. The number of aromatic nitrogens is 3. The zero-order valence-electron chi connectivity index (χ0n) is 24.9. The largest absolute Gasteiger partial charge is 0.388 e. The summed E-state index contributed by atoms with van der Waals surface area (Å²) in [5.74, 6) is -0.764. The molecule has 236 valence electrons. The number of nitrogens with zero attached hydrogens (tertiary/aromatic N) is 4. The van der Waals surface area contributed by atoms with Gasteiger partial charge in [0.25, 0.3) is 11.8 Å². The van der Waals surface area contributed by atoms with E-state index in [1.807, 2.05) is 24.3 Å². The monoisotopic (exact) mass is 652 g/mol. The van der Waals surface area contributed by atoms with E-state index in [0.29, 0.717) is 54.4 Å². The zero-order chi connectivity index (χ0) is 32.0. The smallest absolute Gasteiger partial charge is 0.271 e. The molecule has 5 rings (SSSR count). The summed E-state index contributed by atoms with van der Waals surface area (Å²) in [4.78, 5) is 33.3. The molecule has 0 bridgehead atoms. The molecule has 1 aliphatic heterocycles. The third kappa shape index (κ3) is 7.88. The first-order valence-electron chi connectivity index (χ1n) is 14.4. The number of amides is 2.